The molecule has 0 aromatic heterocycles. The molecule has 1 aliphatic heterocycles. The minimum Gasteiger partial charge on any atom is -0.368 e. The van der Waals surface area contributed by atoms with E-state index in [0.29, 0.717) is 18.8 Å². The first-order valence-corrected chi connectivity index (χ1v) is 6.87. The van der Waals surface area contributed by atoms with Gasteiger partial charge in [0.25, 0.3) is 0 Å². The van der Waals surface area contributed by atoms with E-state index in [1.165, 1.54) is 6.07 Å². The molecule has 3 nitrogen and oxygen atoms in total. The maximum absolute atomic E-state index is 13.0. The van der Waals surface area contributed by atoms with Gasteiger partial charge < -0.3 is 4.90 Å². The number of benzene rings is 1. The van der Waals surface area contributed by atoms with E-state index in [2.05, 4.69) is 4.90 Å². The van der Waals surface area contributed by atoms with E-state index in [1.807, 2.05) is 25.8 Å². The summed E-state index contributed by atoms with van der Waals surface area (Å²) in [6.07, 6.45) is -4.27. The van der Waals surface area contributed by atoms with Gasteiger partial charge in [-0.2, -0.15) is 13.2 Å². The van der Waals surface area contributed by atoms with Crippen molar-refractivity contribution in [1.29, 1.82) is 0 Å². The van der Waals surface area contributed by atoms with Crippen LogP contribution in [-0.4, -0.2) is 43.4 Å². The number of aldehydes is 1. The zero-order valence-electron chi connectivity index (χ0n) is 12.3. The fraction of sp³-hybridized carbons (Fsp3) is 0.533. The smallest absolute Gasteiger partial charge is 0.368 e. The van der Waals surface area contributed by atoms with E-state index in [4.69, 9.17) is 0 Å². The van der Waals surface area contributed by atoms with Gasteiger partial charge in [-0.05, 0) is 39.1 Å². The number of nitrogens with zero attached hydrogens (tertiary/aromatic N) is 2. The first-order chi connectivity index (χ1) is 9.74. The molecule has 0 spiro atoms. The monoisotopic (exact) mass is 300 g/mol. The molecule has 0 N–H and O–H groups in total. The molecule has 2 atom stereocenters. The van der Waals surface area contributed by atoms with Crippen LogP contribution in [0.4, 0.5) is 18.9 Å². The average Bonchev–Trinajstić information content (AvgIpc) is 2.42. The minimum atomic E-state index is -4.52. The van der Waals surface area contributed by atoms with Crippen molar-refractivity contribution in [3.63, 3.8) is 0 Å². The number of likely N-dealkylation sites (N-methyl/N-ethyl adjacent to an activating group) is 1. The summed E-state index contributed by atoms with van der Waals surface area (Å²) in [7, 11) is 2.02. The maximum atomic E-state index is 13.0. The van der Waals surface area contributed by atoms with E-state index < -0.39 is 11.7 Å². The van der Waals surface area contributed by atoms with Crippen LogP contribution in [0.5, 0.6) is 0 Å². The van der Waals surface area contributed by atoms with E-state index in [0.717, 1.165) is 6.07 Å². The van der Waals surface area contributed by atoms with Crippen LogP contribution in [-0.2, 0) is 6.18 Å². The van der Waals surface area contributed by atoms with Gasteiger partial charge in [0.1, 0.15) is 0 Å². The summed E-state index contributed by atoms with van der Waals surface area (Å²) >= 11 is 0. The Balaban J connectivity index is 2.35. The van der Waals surface area contributed by atoms with Crippen LogP contribution in [0.1, 0.15) is 29.8 Å². The van der Waals surface area contributed by atoms with Crippen molar-refractivity contribution in [2.75, 3.05) is 25.0 Å². The van der Waals surface area contributed by atoms with Crippen LogP contribution in [0.2, 0.25) is 0 Å². The lowest BCUT2D eigenvalue weighted by atomic mass is 10.0. The summed E-state index contributed by atoms with van der Waals surface area (Å²) < 4.78 is 39.0. The molecule has 2 unspecified atom stereocenters. The Morgan fingerprint density at radius 3 is 2.24 bits per heavy atom. The van der Waals surface area contributed by atoms with Crippen LogP contribution < -0.4 is 4.90 Å². The number of hydrogen-bond acceptors (Lipinski definition) is 3. The van der Waals surface area contributed by atoms with Crippen molar-refractivity contribution in [2.24, 2.45) is 0 Å². The molecule has 2 rings (SSSR count). The maximum Gasteiger partial charge on any atom is 0.417 e. The highest BCUT2D eigenvalue weighted by Crippen LogP contribution is 2.34. The molecule has 0 amide bonds. The predicted octanol–water partition coefficient (Wildman–Crippen LogP) is 3.05. The van der Waals surface area contributed by atoms with Crippen LogP contribution in [0.25, 0.3) is 0 Å². The fourth-order valence-electron chi connectivity index (χ4n) is 2.70. The third kappa shape index (κ3) is 3.20. The number of carbonyl (C=O) groups is 1. The van der Waals surface area contributed by atoms with Gasteiger partial charge in [0.05, 0.1) is 5.56 Å². The average molecular weight is 300 g/mol. The second-order valence-corrected chi connectivity index (χ2v) is 5.66. The van der Waals surface area contributed by atoms with Gasteiger partial charge in [-0.1, -0.05) is 0 Å². The number of carbonyl (C=O) groups excluding carboxylic acids is 1. The van der Waals surface area contributed by atoms with Gasteiger partial charge >= 0.3 is 6.18 Å². The van der Waals surface area contributed by atoms with Crippen LogP contribution in [0, 0.1) is 0 Å². The highest BCUT2D eigenvalue weighted by atomic mass is 19.4. The lowest BCUT2D eigenvalue weighted by Gasteiger charge is -2.43. The number of piperazine rings is 1. The molecule has 1 aliphatic rings. The van der Waals surface area contributed by atoms with Crippen LogP contribution >= 0.6 is 0 Å². The summed E-state index contributed by atoms with van der Waals surface area (Å²) in [5.41, 5.74) is -0.671. The Hall–Kier alpha value is -1.56. The molecular weight excluding hydrogens is 281 g/mol. The number of hydrogen-bond donors (Lipinski definition) is 0. The molecule has 6 heteroatoms. The standard InChI is InChI=1S/C15H19F3N2O/c1-10-7-20(8-11(2)19(10)3)13-5-4-12(9-21)14(6-13)15(16,17)18/h4-6,9-11H,7-8H2,1-3H3. The van der Waals surface area contributed by atoms with E-state index in [-0.39, 0.29) is 23.9 Å². The van der Waals surface area contributed by atoms with Crippen LogP contribution in [0.15, 0.2) is 18.2 Å². The van der Waals surface area contributed by atoms with Gasteiger partial charge in [-0.15, -0.1) is 0 Å². The third-order valence-corrected chi connectivity index (χ3v) is 4.19. The number of halogens is 3. The minimum absolute atomic E-state index is 0.252. The van der Waals surface area contributed by atoms with Gasteiger partial charge in [0.15, 0.2) is 6.29 Å². The van der Waals surface area contributed by atoms with E-state index in [9.17, 15) is 18.0 Å². The first kappa shape index (κ1) is 15.8. The lowest BCUT2D eigenvalue weighted by Crippen LogP contribution is -2.55. The summed E-state index contributed by atoms with van der Waals surface area (Å²) in [5.74, 6) is 0. The van der Waals surface area contributed by atoms with Crippen molar-refractivity contribution in [3.8, 4) is 0 Å². The van der Waals surface area contributed by atoms with Gasteiger partial charge in [0.2, 0.25) is 0 Å². The highest BCUT2D eigenvalue weighted by Gasteiger charge is 2.35. The molecule has 1 fully saturated rings. The molecule has 116 valence electrons. The molecule has 0 aliphatic carbocycles. The van der Waals surface area contributed by atoms with Crippen molar-refractivity contribution in [3.05, 3.63) is 29.3 Å². The molecule has 1 aromatic carbocycles. The summed E-state index contributed by atoms with van der Waals surface area (Å²) in [4.78, 5) is 14.9. The molecule has 1 saturated heterocycles. The molecule has 21 heavy (non-hydrogen) atoms. The number of rotatable bonds is 2. The predicted molar refractivity (Wildman–Crippen MR) is 75.7 cm³/mol. The van der Waals surface area contributed by atoms with Crippen molar-refractivity contribution in [1.82, 2.24) is 4.90 Å². The van der Waals surface area contributed by atoms with E-state index >= 15 is 0 Å². The Labute approximate surface area is 122 Å². The summed E-state index contributed by atoms with van der Waals surface area (Å²) in [6, 6.07) is 4.43. The van der Waals surface area contributed by atoms with Crippen molar-refractivity contribution >= 4 is 12.0 Å². The Bertz CT molecular complexity index is 518. The zero-order chi connectivity index (χ0) is 15.8. The third-order valence-electron chi connectivity index (χ3n) is 4.19. The number of alkyl halides is 3. The second-order valence-electron chi connectivity index (χ2n) is 5.66. The lowest BCUT2D eigenvalue weighted by molar-refractivity contribution is -0.137. The molecule has 0 saturated carbocycles. The van der Waals surface area contributed by atoms with Crippen molar-refractivity contribution < 1.29 is 18.0 Å². The molecular formula is C15H19F3N2O. The topological polar surface area (TPSA) is 23.6 Å². The van der Waals surface area contributed by atoms with Crippen molar-refractivity contribution in [2.45, 2.75) is 32.1 Å². The quantitative estimate of drug-likeness (QED) is 0.784. The zero-order valence-corrected chi connectivity index (χ0v) is 12.3. The second kappa shape index (κ2) is 5.67. The van der Waals surface area contributed by atoms with Gasteiger partial charge in [-0.25, -0.2) is 0 Å². The molecule has 0 radical (unpaired) electrons. The van der Waals surface area contributed by atoms with Crippen LogP contribution in [0.3, 0.4) is 0 Å². The molecule has 1 aromatic rings. The fourth-order valence-corrected chi connectivity index (χ4v) is 2.70. The van der Waals surface area contributed by atoms with Gasteiger partial charge in [-0.3, -0.25) is 9.69 Å². The number of anilines is 1. The normalized spacial score (nSPS) is 24.2. The molecule has 0 bridgehead atoms. The SMILES string of the molecule is CC1CN(c2ccc(C=O)c(C(F)(F)F)c2)CC(C)N1C. The van der Waals surface area contributed by atoms with Gasteiger partial charge in [0, 0.05) is 36.4 Å². The summed E-state index contributed by atoms with van der Waals surface area (Å²) in [6.45, 7) is 5.43. The van der Waals surface area contributed by atoms with E-state index in [1.54, 1.807) is 6.07 Å². The Morgan fingerprint density at radius 1 is 1.19 bits per heavy atom. The Morgan fingerprint density at radius 2 is 1.76 bits per heavy atom. The summed E-state index contributed by atoms with van der Waals surface area (Å²) in [5, 5.41) is 0. The highest BCUT2D eigenvalue weighted by molar-refractivity contribution is 5.79. The molecule has 1 heterocycles. The first-order valence-electron chi connectivity index (χ1n) is 6.87. The largest absolute Gasteiger partial charge is 0.417 e. The Kier molecular flexibility index (Phi) is 4.27.